The van der Waals surface area contributed by atoms with Crippen molar-refractivity contribution < 1.29 is 13.9 Å². The van der Waals surface area contributed by atoms with Gasteiger partial charge in [-0.1, -0.05) is 12.1 Å². The average Bonchev–Trinajstić information content (AvgIpc) is 2.72. The molecule has 29 heavy (non-hydrogen) atoms. The first kappa shape index (κ1) is 21.0. The van der Waals surface area contributed by atoms with Crippen LogP contribution in [-0.4, -0.2) is 50.3 Å². The first-order chi connectivity index (χ1) is 13.9. The first-order valence-corrected chi connectivity index (χ1v) is 10.0. The maximum absolute atomic E-state index is 13.1. The van der Waals surface area contributed by atoms with E-state index in [-0.39, 0.29) is 17.8 Å². The van der Waals surface area contributed by atoms with Crippen LogP contribution >= 0.6 is 0 Å². The number of hydrogen-bond acceptors (Lipinski definition) is 5. The third-order valence-corrected chi connectivity index (χ3v) is 5.28. The van der Waals surface area contributed by atoms with E-state index in [0.717, 1.165) is 30.0 Å². The highest BCUT2D eigenvalue weighted by molar-refractivity contribution is 6.00. The number of aromatic nitrogens is 1. The second kappa shape index (κ2) is 9.22. The molecule has 0 bridgehead atoms. The summed E-state index contributed by atoms with van der Waals surface area (Å²) in [7, 11) is 1.94. The van der Waals surface area contributed by atoms with Gasteiger partial charge in [0, 0.05) is 26.7 Å². The molecule has 1 aliphatic rings. The highest BCUT2D eigenvalue weighted by Crippen LogP contribution is 2.28. The Morgan fingerprint density at radius 1 is 1.38 bits per heavy atom. The van der Waals surface area contributed by atoms with Gasteiger partial charge >= 0.3 is 0 Å². The van der Waals surface area contributed by atoms with Crippen molar-refractivity contribution in [1.29, 1.82) is 0 Å². The molecule has 3 rings (SSSR count). The standard InChI is InChI=1S/C22H29FN4O2/c1-5-26(4)21-20(22(28)24-13-17-6-8-18(23)9-7-17)15(2)12-19(25-21)27-10-11-29-14-16(27)3/h6-9,12,16H,5,10-11,13-14H2,1-4H3,(H,24,28). The molecule has 7 heteroatoms. The van der Waals surface area contributed by atoms with E-state index in [1.807, 2.05) is 31.9 Å². The fraction of sp³-hybridized carbons (Fsp3) is 0.455. The normalized spacial score (nSPS) is 16.6. The smallest absolute Gasteiger partial charge is 0.255 e. The average molecular weight is 400 g/mol. The molecule has 0 radical (unpaired) electrons. The van der Waals surface area contributed by atoms with E-state index in [4.69, 9.17) is 9.72 Å². The summed E-state index contributed by atoms with van der Waals surface area (Å²) in [6.45, 7) is 9.26. The molecule has 0 saturated carbocycles. The number of carbonyl (C=O) groups excluding carboxylic acids is 1. The number of carbonyl (C=O) groups is 1. The second-order valence-electron chi connectivity index (χ2n) is 7.44. The van der Waals surface area contributed by atoms with Crippen molar-refractivity contribution in [2.75, 3.05) is 43.2 Å². The van der Waals surface area contributed by atoms with Crippen LogP contribution < -0.4 is 15.1 Å². The largest absolute Gasteiger partial charge is 0.377 e. The number of aryl methyl sites for hydroxylation is 1. The van der Waals surface area contributed by atoms with Gasteiger partial charge in [0.05, 0.1) is 24.8 Å². The molecule has 6 nitrogen and oxygen atoms in total. The molecule has 156 valence electrons. The van der Waals surface area contributed by atoms with Gasteiger partial charge in [0.2, 0.25) is 0 Å². The monoisotopic (exact) mass is 400 g/mol. The Balaban J connectivity index is 1.88. The molecular weight excluding hydrogens is 371 g/mol. The number of rotatable bonds is 6. The van der Waals surface area contributed by atoms with Gasteiger partial charge in [-0.05, 0) is 50.1 Å². The van der Waals surface area contributed by atoms with Gasteiger partial charge in [0.1, 0.15) is 17.5 Å². The number of halogens is 1. The summed E-state index contributed by atoms with van der Waals surface area (Å²) in [5.41, 5.74) is 2.29. The van der Waals surface area contributed by atoms with E-state index in [2.05, 4.69) is 17.1 Å². The summed E-state index contributed by atoms with van der Waals surface area (Å²) in [5.74, 6) is 1.05. The quantitative estimate of drug-likeness (QED) is 0.807. The minimum atomic E-state index is -0.292. The number of benzene rings is 1. The highest BCUT2D eigenvalue weighted by atomic mass is 19.1. The van der Waals surface area contributed by atoms with Gasteiger partial charge in [-0.25, -0.2) is 9.37 Å². The van der Waals surface area contributed by atoms with Crippen molar-refractivity contribution in [2.45, 2.75) is 33.4 Å². The van der Waals surface area contributed by atoms with E-state index in [9.17, 15) is 9.18 Å². The Kier molecular flexibility index (Phi) is 6.69. The van der Waals surface area contributed by atoms with Crippen LogP contribution in [0.3, 0.4) is 0 Å². The Labute approximate surface area is 171 Å². The van der Waals surface area contributed by atoms with Gasteiger partial charge in [0.25, 0.3) is 5.91 Å². The zero-order valence-electron chi connectivity index (χ0n) is 17.5. The number of nitrogens with zero attached hydrogens (tertiary/aromatic N) is 3. The van der Waals surface area contributed by atoms with Crippen LogP contribution in [0.4, 0.5) is 16.0 Å². The van der Waals surface area contributed by atoms with Crippen molar-refractivity contribution in [3.05, 3.63) is 52.8 Å². The molecule has 1 unspecified atom stereocenters. The summed E-state index contributed by atoms with van der Waals surface area (Å²) >= 11 is 0. The molecule has 0 spiro atoms. The van der Waals surface area contributed by atoms with Crippen molar-refractivity contribution in [3.8, 4) is 0 Å². The number of anilines is 2. The van der Waals surface area contributed by atoms with E-state index in [1.165, 1.54) is 12.1 Å². The van der Waals surface area contributed by atoms with Crippen molar-refractivity contribution in [3.63, 3.8) is 0 Å². The van der Waals surface area contributed by atoms with Gasteiger partial charge in [0.15, 0.2) is 0 Å². The van der Waals surface area contributed by atoms with Crippen LogP contribution in [0, 0.1) is 12.7 Å². The van der Waals surface area contributed by atoms with E-state index >= 15 is 0 Å². The van der Waals surface area contributed by atoms with Gasteiger partial charge in [-0.15, -0.1) is 0 Å². The minimum Gasteiger partial charge on any atom is -0.377 e. The molecule has 1 N–H and O–H groups in total. The fourth-order valence-corrected chi connectivity index (χ4v) is 3.43. The Morgan fingerprint density at radius 3 is 2.76 bits per heavy atom. The summed E-state index contributed by atoms with van der Waals surface area (Å²) < 4.78 is 18.6. The number of ether oxygens (including phenoxy) is 1. The van der Waals surface area contributed by atoms with Gasteiger partial charge in [-0.3, -0.25) is 4.79 Å². The highest BCUT2D eigenvalue weighted by Gasteiger charge is 2.25. The predicted octanol–water partition coefficient (Wildman–Crippen LogP) is 3.14. The Morgan fingerprint density at radius 2 is 2.10 bits per heavy atom. The summed E-state index contributed by atoms with van der Waals surface area (Å²) in [6, 6.07) is 8.33. The van der Waals surface area contributed by atoms with E-state index in [1.54, 1.807) is 12.1 Å². The number of hydrogen-bond donors (Lipinski definition) is 1. The lowest BCUT2D eigenvalue weighted by atomic mass is 10.1. The first-order valence-electron chi connectivity index (χ1n) is 10.0. The van der Waals surface area contributed by atoms with Crippen molar-refractivity contribution in [2.24, 2.45) is 0 Å². The summed E-state index contributed by atoms with van der Waals surface area (Å²) in [6.07, 6.45) is 0. The third kappa shape index (κ3) is 4.85. The van der Waals surface area contributed by atoms with E-state index in [0.29, 0.717) is 31.1 Å². The summed E-state index contributed by atoms with van der Waals surface area (Å²) in [4.78, 5) is 22.1. The maximum atomic E-state index is 13.1. The molecule has 1 aromatic heterocycles. The SMILES string of the molecule is CCN(C)c1nc(N2CCOCC2C)cc(C)c1C(=O)NCc1ccc(F)cc1. The van der Waals surface area contributed by atoms with Crippen LogP contribution in [0.2, 0.25) is 0 Å². The van der Waals surface area contributed by atoms with Crippen molar-refractivity contribution in [1.82, 2.24) is 10.3 Å². The number of nitrogens with one attached hydrogen (secondary N) is 1. The molecule has 2 aromatic rings. The van der Waals surface area contributed by atoms with Crippen LogP contribution in [0.1, 0.15) is 35.3 Å². The second-order valence-corrected chi connectivity index (χ2v) is 7.44. The molecule has 1 aromatic carbocycles. The van der Waals surface area contributed by atoms with Crippen LogP contribution in [-0.2, 0) is 11.3 Å². The van der Waals surface area contributed by atoms with Crippen LogP contribution in [0.5, 0.6) is 0 Å². The lowest BCUT2D eigenvalue weighted by Crippen LogP contribution is -2.44. The minimum absolute atomic E-state index is 0.184. The molecule has 1 atom stereocenters. The number of amides is 1. The lowest BCUT2D eigenvalue weighted by molar-refractivity contribution is 0.0949. The zero-order valence-corrected chi connectivity index (χ0v) is 17.5. The van der Waals surface area contributed by atoms with Crippen LogP contribution in [0.15, 0.2) is 30.3 Å². The fourth-order valence-electron chi connectivity index (χ4n) is 3.43. The zero-order chi connectivity index (χ0) is 21.0. The summed E-state index contributed by atoms with van der Waals surface area (Å²) in [5, 5.41) is 2.94. The number of morpholine rings is 1. The molecule has 1 saturated heterocycles. The Bertz CT molecular complexity index is 857. The van der Waals surface area contributed by atoms with Gasteiger partial charge in [-0.2, -0.15) is 0 Å². The van der Waals surface area contributed by atoms with Gasteiger partial charge < -0.3 is 19.9 Å². The molecule has 0 aliphatic carbocycles. The van der Waals surface area contributed by atoms with Crippen LogP contribution in [0.25, 0.3) is 0 Å². The third-order valence-electron chi connectivity index (χ3n) is 5.28. The molecule has 2 heterocycles. The predicted molar refractivity (Wildman–Crippen MR) is 113 cm³/mol. The molecule has 1 fully saturated rings. The molecular formula is C22H29FN4O2. The topological polar surface area (TPSA) is 57.7 Å². The van der Waals surface area contributed by atoms with E-state index < -0.39 is 0 Å². The van der Waals surface area contributed by atoms with Crippen molar-refractivity contribution >= 4 is 17.5 Å². The number of pyridine rings is 1. The lowest BCUT2D eigenvalue weighted by Gasteiger charge is -2.35. The Hall–Kier alpha value is -2.67. The maximum Gasteiger partial charge on any atom is 0.255 e. The molecule has 1 aliphatic heterocycles. The molecule has 1 amide bonds.